The average Bonchev–Trinajstić information content (AvgIpc) is 3.52. The minimum Gasteiger partial charge on any atom is -0.267 e. The molecule has 0 saturated carbocycles. The smallest absolute Gasteiger partial charge is 0.267 e. The molecule has 170 valence electrons. The van der Waals surface area contributed by atoms with E-state index in [0.717, 1.165) is 22.8 Å². The van der Waals surface area contributed by atoms with Crippen LogP contribution in [0.4, 0.5) is 5.82 Å². The van der Waals surface area contributed by atoms with Crippen molar-refractivity contribution in [1.82, 2.24) is 4.57 Å². The van der Waals surface area contributed by atoms with E-state index in [1.807, 2.05) is 0 Å². The van der Waals surface area contributed by atoms with Gasteiger partial charge in [-0.3, -0.25) is 4.57 Å². The van der Waals surface area contributed by atoms with Crippen molar-refractivity contribution in [1.29, 1.82) is 0 Å². The molecule has 0 spiro atoms. The van der Waals surface area contributed by atoms with Crippen LogP contribution in [-0.4, -0.2) is 20.7 Å². The highest BCUT2D eigenvalue weighted by atomic mass is 15.3. The van der Waals surface area contributed by atoms with Crippen molar-refractivity contribution in [3.63, 3.8) is 0 Å². The predicted molar refractivity (Wildman–Crippen MR) is 148 cm³/mol. The zero-order chi connectivity index (χ0) is 23.9. The first-order valence-electron chi connectivity index (χ1n) is 12.3. The first-order chi connectivity index (χ1) is 17.9. The maximum absolute atomic E-state index is 5.38. The number of hydrogen-bond donors (Lipinski definition) is 0. The van der Waals surface area contributed by atoms with Crippen molar-refractivity contribution in [2.75, 3.05) is 0 Å². The average molecular weight is 463 g/mol. The minimum atomic E-state index is 0.697. The Hall–Kier alpha value is -4.76. The van der Waals surface area contributed by atoms with E-state index in [0.29, 0.717) is 6.67 Å². The molecule has 0 amide bonds. The Morgan fingerprint density at radius 3 is 1.72 bits per heavy atom. The monoisotopic (exact) mass is 462 g/mol. The molecule has 3 heteroatoms. The molecule has 5 aromatic rings. The number of amidine groups is 1. The number of allylic oxidation sites excluding steroid dienone is 1. The van der Waals surface area contributed by atoms with E-state index in [4.69, 9.17) is 4.99 Å². The van der Waals surface area contributed by atoms with Crippen LogP contribution in [0, 0.1) is 0 Å². The molecule has 2 aliphatic heterocycles. The summed E-state index contributed by atoms with van der Waals surface area (Å²) >= 11 is 0. The second-order valence-corrected chi connectivity index (χ2v) is 9.11. The first-order valence-corrected chi connectivity index (χ1v) is 12.3. The molecule has 0 fully saturated rings. The maximum atomic E-state index is 5.38. The highest BCUT2D eigenvalue weighted by molar-refractivity contribution is 6.31. The summed E-state index contributed by atoms with van der Waals surface area (Å²) in [4.78, 5) is 5.38. The van der Waals surface area contributed by atoms with Gasteiger partial charge in [-0.25, -0.2) is 4.58 Å². The highest BCUT2D eigenvalue weighted by Gasteiger charge is 2.38. The Balaban J connectivity index is 1.49. The number of rotatable bonds is 4. The third kappa shape index (κ3) is 3.37. The van der Waals surface area contributed by atoms with Crippen LogP contribution in [0.2, 0.25) is 0 Å². The number of hydrogen-bond acceptors (Lipinski definition) is 1. The van der Waals surface area contributed by atoms with Gasteiger partial charge in [-0.2, -0.15) is 0 Å². The van der Waals surface area contributed by atoms with Gasteiger partial charge >= 0.3 is 5.84 Å². The van der Waals surface area contributed by atoms with Gasteiger partial charge in [0, 0.05) is 11.6 Å². The molecule has 3 heterocycles. The second-order valence-electron chi connectivity index (χ2n) is 9.11. The molecule has 0 unspecified atom stereocenters. The Bertz CT molecular complexity index is 1660. The van der Waals surface area contributed by atoms with Crippen LogP contribution in [0.15, 0.2) is 138 Å². The summed E-state index contributed by atoms with van der Waals surface area (Å²) in [5.41, 5.74) is 9.39. The Kier molecular flexibility index (Phi) is 4.85. The van der Waals surface area contributed by atoms with Gasteiger partial charge in [-0.15, -0.1) is 0 Å². The molecular weight excluding hydrogens is 438 g/mol. The van der Waals surface area contributed by atoms with Crippen LogP contribution in [0.5, 0.6) is 0 Å². The zero-order valence-corrected chi connectivity index (χ0v) is 19.8. The Morgan fingerprint density at radius 2 is 1.11 bits per heavy atom. The summed E-state index contributed by atoms with van der Waals surface area (Å²) in [6.07, 6.45) is 2.29. The van der Waals surface area contributed by atoms with Crippen molar-refractivity contribution < 1.29 is 4.58 Å². The summed E-state index contributed by atoms with van der Waals surface area (Å²) in [5, 5.41) is 0. The van der Waals surface area contributed by atoms with E-state index in [2.05, 4.69) is 143 Å². The first kappa shape index (κ1) is 20.6. The molecule has 3 nitrogen and oxygen atoms in total. The van der Waals surface area contributed by atoms with Gasteiger partial charge in [0.1, 0.15) is 5.71 Å². The third-order valence-corrected chi connectivity index (χ3v) is 6.94. The lowest BCUT2D eigenvalue weighted by Crippen LogP contribution is -2.29. The van der Waals surface area contributed by atoms with Crippen LogP contribution in [-0.2, 0) is 6.67 Å². The van der Waals surface area contributed by atoms with E-state index < -0.39 is 0 Å². The van der Waals surface area contributed by atoms with Crippen molar-refractivity contribution >= 4 is 22.9 Å². The van der Waals surface area contributed by atoms with Gasteiger partial charge in [0.25, 0.3) is 5.82 Å². The molecule has 0 saturated heterocycles. The third-order valence-electron chi connectivity index (χ3n) is 6.94. The Morgan fingerprint density at radius 1 is 0.583 bits per heavy atom. The van der Waals surface area contributed by atoms with Gasteiger partial charge in [0.15, 0.2) is 6.67 Å². The SMILES string of the molecule is C1=C(c2ccccc2)C2=Nc3c(-c4ccccc4)cc(-c4ccccc4)n3C[N+]2=C1c1ccccc1. The van der Waals surface area contributed by atoms with Gasteiger partial charge in [0.05, 0.1) is 16.8 Å². The fourth-order valence-corrected chi connectivity index (χ4v) is 5.20. The van der Waals surface area contributed by atoms with Crippen LogP contribution in [0.1, 0.15) is 11.1 Å². The van der Waals surface area contributed by atoms with Crippen molar-refractivity contribution in [3.8, 4) is 22.4 Å². The largest absolute Gasteiger partial charge is 0.335 e. The van der Waals surface area contributed by atoms with E-state index in [1.54, 1.807) is 0 Å². The maximum Gasteiger partial charge on any atom is 0.335 e. The minimum absolute atomic E-state index is 0.697. The fourth-order valence-electron chi connectivity index (χ4n) is 5.20. The van der Waals surface area contributed by atoms with Crippen LogP contribution >= 0.6 is 0 Å². The highest BCUT2D eigenvalue weighted by Crippen LogP contribution is 2.42. The van der Waals surface area contributed by atoms with Crippen molar-refractivity contribution in [2.45, 2.75) is 6.67 Å². The molecule has 0 aliphatic carbocycles. The van der Waals surface area contributed by atoms with Gasteiger partial charge < -0.3 is 0 Å². The quantitative estimate of drug-likeness (QED) is 0.248. The van der Waals surface area contributed by atoms with E-state index in [-0.39, 0.29) is 0 Å². The number of fused-ring (bicyclic) bond motifs is 2. The van der Waals surface area contributed by atoms with Gasteiger partial charge in [-0.05, 0) is 27.7 Å². The molecule has 1 aromatic heterocycles. The van der Waals surface area contributed by atoms with Crippen LogP contribution < -0.4 is 0 Å². The Labute approximate surface area is 210 Å². The number of aromatic nitrogens is 1. The number of nitrogens with zero attached hydrogens (tertiary/aromatic N) is 3. The molecule has 36 heavy (non-hydrogen) atoms. The van der Waals surface area contributed by atoms with Crippen LogP contribution in [0.25, 0.3) is 28.0 Å². The van der Waals surface area contributed by atoms with E-state index in [1.165, 1.54) is 33.7 Å². The molecule has 0 radical (unpaired) electrons. The molecule has 2 aliphatic rings. The summed E-state index contributed by atoms with van der Waals surface area (Å²) in [7, 11) is 0. The number of aliphatic imine (C=N–C) groups is 1. The van der Waals surface area contributed by atoms with Crippen LogP contribution in [0.3, 0.4) is 0 Å². The van der Waals surface area contributed by atoms with E-state index >= 15 is 0 Å². The van der Waals surface area contributed by atoms with Gasteiger partial charge in [0.2, 0.25) is 0 Å². The van der Waals surface area contributed by atoms with E-state index in [9.17, 15) is 0 Å². The lowest BCUT2D eigenvalue weighted by molar-refractivity contribution is -0.441. The normalized spacial score (nSPS) is 14.2. The number of benzene rings is 4. The summed E-state index contributed by atoms with van der Waals surface area (Å²) in [6, 6.07) is 44.7. The lowest BCUT2D eigenvalue weighted by Gasteiger charge is -2.16. The topological polar surface area (TPSA) is 20.3 Å². The predicted octanol–water partition coefficient (Wildman–Crippen LogP) is 7.42. The molecule has 4 aromatic carbocycles. The second kappa shape index (κ2) is 8.47. The molecular formula is C33H24N3+. The molecule has 0 atom stereocenters. The zero-order valence-electron chi connectivity index (χ0n) is 19.8. The summed E-state index contributed by atoms with van der Waals surface area (Å²) in [5.74, 6) is 2.00. The molecule has 7 rings (SSSR count). The fraction of sp³-hybridized carbons (Fsp3) is 0.0303. The van der Waals surface area contributed by atoms with Crippen molar-refractivity contribution in [3.05, 3.63) is 145 Å². The van der Waals surface area contributed by atoms with Gasteiger partial charge in [-0.1, -0.05) is 121 Å². The lowest BCUT2D eigenvalue weighted by atomic mass is 10.0. The standard InChI is InChI=1S/C33H24N3/c1-5-13-24(14-6-1)28-21-30(26-17-9-3-10-18-26)35-23-36-31(27-19-11-4-12-20-27)22-29(33(36)34-32(28)35)25-15-7-2-8-16-25/h1-22H,23H2/q+1. The summed E-state index contributed by atoms with van der Waals surface area (Å²) < 4.78 is 4.71. The molecule has 0 bridgehead atoms. The molecule has 0 N–H and O–H groups in total. The van der Waals surface area contributed by atoms with Crippen molar-refractivity contribution in [2.24, 2.45) is 4.99 Å². The summed E-state index contributed by atoms with van der Waals surface area (Å²) in [6.45, 7) is 0.697.